The molecule has 0 bridgehead atoms. The van der Waals surface area contributed by atoms with E-state index in [0.717, 1.165) is 0 Å². The Morgan fingerprint density at radius 3 is 2.86 bits per heavy atom. The predicted molar refractivity (Wildman–Crippen MR) is 54.3 cm³/mol. The fourth-order valence-corrected chi connectivity index (χ4v) is 1.51. The van der Waals surface area contributed by atoms with Gasteiger partial charge in [0.15, 0.2) is 0 Å². The highest BCUT2D eigenvalue weighted by Gasteiger charge is 2.07. The third-order valence-electron chi connectivity index (χ3n) is 2.08. The number of fused-ring (bicyclic) bond motifs is 1. The summed E-state index contributed by atoms with van der Waals surface area (Å²) in [7, 11) is 0. The van der Waals surface area contributed by atoms with Crippen molar-refractivity contribution in [2.45, 2.75) is 6.92 Å². The van der Waals surface area contributed by atoms with Gasteiger partial charge in [-0.25, -0.2) is 4.39 Å². The molecule has 1 aromatic carbocycles. The summed E-state index contributed by atoms with van der Waals surface area (Å²) in [5, 5.41) is 0.392. The molecule has 2 rings (SSSR count). The summed E-state index contributed by atoms with van der Waals surface area (Å²) in [6.07, 6.45) is 0. The summed E-state index contributed by atoms with van der Waals surface area (Å²) in [4.78, 5) is 14.5. The van der Waals surface area contributed by atoms with Gasteiger partial charge in [0.25, 0.3) is 0 Å². The van der Waals surface area contributed by atoms with E-state index >= 15 is 0 Å². The summed E-state index contributed by atoms with van der Waals surface area (Å²) in [6, 6.07) is 4.00. The highest BCUT2D eigenvalue weighted by molar-refractivity contribution is 6.31. The Balaban J connectivity index is 2.99. The summed E-state index contributed by atoms with van der Waals surface area (Å²) < 4.78 is 12.9. The van der Waals surface area contributed by atoms with E-state index < -0.39 is 5.82 Å². The maximum absolute atomic E-state index is 12.9. The van der Waals surface area contributed by atoms with Crippen LogP contribution in [-0.2, 0) is 0 Å². The van der Waals surface area contributed by atoms with Crippen molar-refractivity contribution in [2.75, 3.05) is 0 Å². The normalized spacial score (nSPS) is 10.8. The van der Waals surface area contributed by atoms with Gasteiger partial charge in [0.05, 0.1) is 0 Å². The van der Waals surface area contributed by atoms with Gasteiger partial charge in [-0.2, -0.15) is 0 Å². The first-order valence-electron chi connectivity index (χ1n) is 4.07. The number of hydrogen-bond acceptors (Lipinski definition) is 1. The number of rotatable bonds is 0. The molecule has 1 aromatic heterocycles. The van der Waals surface area contributed by atoms with Crippen LogP contribution in [-0.4, -0.2) is 4.98 Å². The Labute approximate surface area is 84.3 Å². The molecule has 0 aliphatic carbocycles. The van der Waals surface area contributed by atoms with Crippen LogP contribution < -0.4 is 5.43 Å². The smallest absolute Gasteiger partial charge is 0.208 e. The molecule has 2 nitrogen and oxygen atoms in total. The molecular weight excluding hydrogens is 205 g/mol. The molecule has 0 aliphatic rings. The average Bonchev–Trinajstić information content (AvgIpc) is 2.16. The first-order chi connectivity index (χ1) is 6.59. The Morgan fingerprint density at radius 1 is 1.43 bits per heavy atom. The van der Waals surface area contributed by atoms with Gasteiger partial charge in [0, 0.05) is 16.6 Å². The van der Waals surface area contributed by atoms with E-state index in [0.29, 0.717) is 11.2 Å². The molecule has 14 heavy (non-hydrogen) atoms. The zero-order valence-corrected chi connectivity index (χ0v) is 8.15. The quantitative estimate of drug-likeness (QED) is 0.714. The number of aryl methyl sites for hydroxylation is 1. The van der Waals surface area contributed by atoms with Gasteiger partial charge in [-0.15, -0.1) is 0 Å². The highest BCUT2D eigenvalue weighted by Crippen LogP contribution is 2.15. The molecule has 1 heterocycles. The van der Waals surface area contributed by atoms with Gasteiger partial charge in [-0.3, -0.25) is 4.79 Å². The minimum absolute atomic E-state index is 0.114. The molecule has 0 aliphatic heterocycles. The average molecular weight is 212 g/mol. The maximum Gasteiger partial charge on any atom is 0.208 e. The summed E-state index contributed by atoms with van der Waals surface area (Å²) in [5.41, 5.74) is 0.853. The summed E-state index contributed by atoms with van der Waals surface area (Å²) in [5.74, 6) is -0.442. The Hall–Kier alpha value is -1.35. The Kier molecular flexibility index (Phi) is 2.04. The second kappa shape index (κ2) is 3.10. The Morgan fingerprint density at radius 2 is 2.14 bits per heavy atom. The molecule has 1 N–H and O–H groups in total. The topological polar surface area (TPSA) is 32.9 Å². The maximum atomic E-state index is 12.9. The predicted octanol–water partition coefficient (Wildman–Crippen LogP) is 2.63. The van der Waals surface area contributed by atoms with Crippen LogP contribution in [0.4, 0.5) is 4.39 Å². The van der Waals surface area contributed by atoms with Gasteiger partial charge in [0.1, 0.15) is 10.8 Å². The largest absolute Gasteiger partial charge is 0.357 e. The molecule has 2 aromatic rings. The zero-order valence-electron chi connectivity index (χ0n) is 7.40. The van der Waals surface area contributed by atoms with E-state index in [9.17, 15) is 9.18 Å². The Bertz CT molecular complexity index is 562. The third kappa shape index (κ3) is 1.30. The van der Waals surface area contributed by atoms with Crippen molar-refractivity contribution in [2.24, 2.45) is 0 Å². The van der Waals surface area contributed by atoms with Crippen LogP contribution in [0, 0.1) is 12.7 Å². The van der Waals surface area contributed by atoms with Gasteiger partial charge in [-0.05, 0) is 25.1 Å². The van der Waals surface area contributed by atoms with Crippen molar-refractivity contribution < 1.29 is 4.39 Å². The molecule has 0 spiro atoms. The SMILES string of the molecule is Cc1[nH]c2ccc(F)cc2c(=O)c1Cl. The molecule has 0 radical (unpaired) electrons. The molecule has 4 heteroatoms. The lowest BCUT2D eigenvalue weighted by Crippen LogP contribution is -2.06. The van der Waals surface area contributed by atoms with Crippen molar-refractivity contribution in [3.8, 4) is 0 Å². The number of aromatic nitrogens is 1. The number of H-pyrrole nitrogens is 1. The molecule has 0 amide bonds. The molecule has 0 saturated carbocycles. The van der Waals surface area contributed by atoms with Gasteiger partial charge in [0.2, 0.25) is 5.43 Å². The van der Waals surface area contributed by atoms with Crippen LogP contribution in [0.25, 0.3) is 10.9 Å². The van der Waals surface area contributed by atoms with Gasteiger partial charge in [-0.1, -0.05) is 11.6 Å². The van der Waals surface area contributed by atoms with E-state index in [1.807, 2.05) is 0 Å². The molecule has 0 unspecified atom stereocenters. The van der Waals surface area contributed by atoms with E-state index in [-0.39, 0.29) is 15.8 Å². The lowest BCUT2D eigenvalue weighted by atomic mass is 10.2. The first-order valence-corrected chi connectivity index (χ1v) is 4.45. The van der Waals surface area contributed by atoms with Gasteiger partial charge >= 0.3 is 0 Å². The molecular formula is C10H7ClFNO. The summed E-state index contributed by atoms with van der Waals surface area (Å²) >= 11 is 5.74. The van der Waals surface area contributed by atoms with Crippen LogP contribution in [0.2, 0.25) is 5.02 Å². The highest BCUT2D eigenvalue weighted by atomic mass is 35.5. The lowest BCUT2D eigenvalue weighted by Gasteiger charge is -2.02. The fourth-order valence-electron chi connectivity index (χ4n) is 1.36. The lowest BCUT2D eigenvalue weighted by molar-refractivity contribution is 0.629. The van der Waals surface area contributed by atoms with Gasteiger partial charge < -0.3 is 4.98 Å². The van der Waals surface area contributed by atoms with Crippen LogP contribution in [0.15, 0.2) is 23.0 Å². The monoisotopic (exact) mass is 211 g/mol. The number of benzene rings is 1. The van der Waals surface area contributed by atoms with Crippen molar-refractivity contribution in [1.82, 2.24) is 4.98 Å². The zero-order chi connectivity index (χ0) is 10.3. The number of halogens is 2. The number of hydrogen-bond donors (Lipinski definition) is 1. The van der Waals surface area contributed by atoms with E-state index in [1.54, 1.807) is 6.92 Å². The minimum atomic E-state index is -0.442. The molecule has 0 saturated heterocycles. The summed E-state index contributed by atoms with van der Waals surface area (Å²) in [6.45, 7) is 1.70. The number of nitrogens with one attached hydrogen (secondary N) is 1. The minimum Gasteiger partial charge on any atom is -0.357 e. The van der Waals surface area contributed by atoms with Crippen molar-refractivity contribution in [3.05, 3.63) is 45.0 Å². The van der Waals surface area contributed by atoms with Crippen molar-refractivity contribution >= 4 is 22.5 Å². The van der Waals surface area contributed by atoms with Crippen LogP contribution in [0.3, 0.4) is 0 Å². The van der Waals surface area contributed by atoms with E-state index in [4.69, 9.17) is 11.6 Å². The fraction of sp³-hybridized carbons (Fsp3) is 0.100. The molecule has 72 valence electrons. The second-order valence-corrected chi connectivity index (χ2v) is 3.46. The first kappa shape index (κ1) is 9.21. The second-order valence-electron chi connectivity index (χ2n) is 3.08. The van der Waals surface area contributed by atoms with Crippen LogP contribution in [0.5, 0.6) is 0 Å². The van der Waals surface area contributed by atoms with Crippen molar-refractivity contribution in [1.29, 1.82) is 0 Å². The number of pyridine rings is 1. The van der Waals surface area contributed by atoms with Crippen LogP contribution in [0.1, 0.15) is 5.69 Å². The van der Waals surface area contributed by atoms with Crippen molar-refractivity contribution in [3.63, 3.8) is 0 Å². The van der Waals surface area contributed by atoms with Crippen LogP contribution >= 0.6 is 11.6 Å². The molecule has 0 atom stereocenters. The number of aromatic amines is 1. The third-order valence-corrected chi connectivity index (χ3v) is 2.53. The standard InChI is InChI=1S/C10H7ClFNO/c1-5-9(11)10(14)7-4-6(12)2-3-8(7)13-5/h2-4H,1H3,(H,13,14). The molecule has 0 fully saturated rings. The van der Waals surface area contributed by atoms with E-state index in [1.165, 1.54) is 18.2 Å². The van der Waals surface area contributed by atoms with E-state index in [2.05, 4.69) is 4.98 Å².